The molecule has 0 atom stereocenters. The fourth-order valence-corrected chi connectivity index (χ4v) is 0. The topological polar surface area (TPSA) is 0 Å². The zero-order valence-corrected chi connectivity index (χ0v) is 4.33. The van der Waals surface area contributed by atoms with E-state index in [2.05, 4.69) is 0 Å². The van der Waals surface area contributed by atoms with E-state index in [1.54, 1.807) is 0 Å². The molecule has 0 aromatic heterocycles. The standard InChI is InChI=1S/C2H4FI/c3-1-2-4/h1-2H2/i3-1. The number of halogens is 2. The molecule has 0 fully saturated rings. The van der Waals surface area contributed by atoms with Gasteiger partial charge in [-0.2, -0.15) is 0 Å². The van der Waals surface area contributed by atoms with Gasteiger partial charge in [0.15, 0.2) is 0 Å². The molecule has 0 aromatic carbocycles. The van der Waals surface area contributed by atoms with Gasteiger partial charge in [0.25, 0.3) is 0 Å². The van der Waals surface area contributed by atoms with Crippen LogP contribution in [0.2, 0.25) is 0 Å². The van der Waals surface area contributed by atoms with Crippen molar-refractivity contribution in [1.82, 2.24) is 0 Å². The largest absolute Gasteiger partial charge is 0.250 e. The Bertz CT molecular complexity index is 8.00. The zero-order chi connectivity index (χ0) is 3.41. The molecule has 0 amide bonds. The first-order valence-corrected chi connectivity index (χ1v) is 2.56. The van der Waals surface area contributed by atoms with Crippen LogP contribution in [0.15, 0.2) is 0 Å². The summed E-state index contributed by atoms with van der Waals surface area (Å²) in [5.41, 5.74) is 0. The van der Waals surface area contributed by atoms with Gasteiger partial charge in [-0.25, -0.2) is 0 Å². The van der Waals surface area contributed by atoms with Crippen LogP contribution < -0.4 is 0 Å². The van der Waals surface area contributed by atoms with E-state index in [4.69, 9.17) is 0 Å². The fraction of sp³-hybridized carbons (Fsp3) is 1.00. The number of hydrogen-bond donors (Lipinski definition) is 0. The highest BCUT2D eigenvalue weighted by molar-refractivity contribution is 14.1. The number of hydrogen-bond acceptors (Lipinski definition) is 0. The first-order chi connectivity index (χ1) is 1.91. The second-order valence-corrected chi connectivity index (χ2v) is 1.46. The summed E-state index contributed by atoms with van der Waals surface area (Å²) in [6, 6.07) is 0. The first kappa shape index (κ1) is 4.66. The molecule has 0 aliphatic carbocycles. The molecule has 2 heteroatoms. The highest BCUT2D eigenvalue weighted by Crippen LogP contribution is 1.76. The Morgan fingerprint density at radius 3 is 2.00 bits per heavy atom. The molecule has 0 radical (unpaired) electrons. The van der Waals surface area contributed by atoms with Crippen LogP contribution in [0.4, 0.5) is 4.39 Å². The summed E-state index contributed by atoms with van der Waals surface area (Å²) in [6.07, 6.45) is 0. The van der Waals surface area contributed by atoms with Crippen LogP contribution in [-0.2, 0) is 0 Å². The molecule has 0 spiro atoms. The van der Waals surface area contributed by atoms with Crippen molar-refractivity contribution in [1.29, 1.82) is 0 Å². The molecule has 0 aliphatic heterocycles. The van der Waals surface area contributed by atoms with Crippen molar-refractivity contribution in [2.24, 2.45) is 0 Å². The molecular formula is C2H4FI. The first-order valence-electron chi connectivity index (χ1n) is 1.03. The van der Waals surface area contributed by atoms with Gasteiger partial charge in [0.2, 0.25) is 0 Å². The van der Waals surface area contributed by atoms with Crippen LogP contribution in [0.5, 0.6) is 0 Å². The van der Waals surface area contributed by atoms with Crippen LogP contribution in [0, 0.1) is 0 Å². The Kier molecular flexibility index (Phi) is 4.26. The number of alkyl halides is 2. The van der Waals surface area contributed by atoms with E-state index in [1.807, 2.05) is 22.6 Å². The maximum Gasteiger partial charge on any atom is 0.0983 e. The minimum Gasteiger partial charge on any atom is -0.250 e. The molecule has 26 valence electrons. The van der Waals surface area contributed by atoms with Gasteiger partial charge in [-0.05, 0) is 0 Å². The summed E-state index contributed by atoms with van der Waals surface area (Å²) in [6.45, 7) is -0.194. The lowest BCUT2D eigenvalue weighted by molar-refractivity contribution is 0.537. The Balaban J connectivity index is 1.97. The molecule has 0 bridgehead atoms. The van der Waals surface area contributed by atoms with Crippen molar-refractivity contribution in [2.45, 2.75) is 0 Å². The van der Waals surface area contributed by atoms with Crippen LogP contribution in [0.1, 0.15) is 0 Å². The second-order valence-electron chi connectivity index (χ2n) is 0.378. The molecule has 4 heavy (non-hydrogen) atoms. The highest BCUT2D eigenvalue weighted by atomic mass is 127. The summed E-state index contributed by atoms with van der Waals surface area (Å²) < 4.78 is 11.3. The Labute approximate surface area is 38.5 Å². The third-order valence-corrected chi connectivity index (χ3v) is 0.479. The van der Waals surface area contributed by atoms with Crippen molar-refractivity contribution >= 4 is 22.6 Å². The molecule has 0 rings (SSSR count). The van der Waals surface area contributed by atoms with Gasteiger partial charge >= 0.3 is 0 Å². The lowest BCUT2D eigenvalue weighted by atomic mass is 10.9. The average Bonchev–Trinajstić information content (AvgIpc) is 1.37. The smallest absolute Gasteiger partial charge is 0.0983 e. The van der Waals surface area contributed by atoms with E-state index in [0.717, 1.165) is 0 Å². The fourth-order valence-electron chi connectivity index (χ4n) is 0. The third kappa shape index (κ3) is 2.66. The van der Waals surface area contributed by atoms with Gasteiger partial charge in [0.1, 0.15) is 0 Å². The minimum absolute atomic E-state index is 0.194. The van der Waals surface area contributed by atoms with E-state index in [0.29, 0.717) is 4.43 Å². The van der Waals surface area contributed by atoms with Crippen molar-refractivity contribution < 1.29 is 4.39 Å². The van der Waals surface area contributed by atoms with Crippen molar-refractivity contribution in [2.75, 3.05) is 11.1 Å². The van der Waals surface area contributed by atoms with E-state index in [-0.39, 0.29) is 6.67 Å². The summed E-state index contributed by atoms with van der Waals surface area (Å²) in [4.78, 5) is 0. The Morgan fingerprint density at radius 1 is 1.75 bits per heavy atom. The van der Waals surface area contributed by atoms with Crippen LogP contribution in [0.3, 0.4) is 0 Å². The predicted molar refractivity (Wildman–Crippen MR) is 24.9 cm³/mol. The molecule has 0 unspecified atom stereocenters. The van der Waals surface area contributed by atoms with Crippen molar-refractivity contribution in [3.63, 3.8) is 0 Å². The minimum atomic E-state index is -0.194. The van der Waals surface area contributed by atoms with E-state index in [9.17, 15) is 4.39 Å². The molecule has 0 aromatic rings. The maximum absolute atomic E-state index is 10.7. The normalized spacial score (nSPS) is 7.50. The molecular weight excluding hydrogens is 169 g/mol. The van der Waals surface area contributed by atoms with E-state index >= 15 is 0 Å². The molecule has 0 saturated carbocycles. The maximum atomic E-state index is 10.7. The van der Waals surface area contributed by atoms with Crippen LogP contribution in [-0.4, -0.2) is 11.1 Å². The summed E-state index contributed by atoms with van der Waals surface area (Å²) in [5, 5.41) is 0. The highest BCUT2D eigenvalue weighted by Gasteiger charge is 1.62. The SMILES string of the molecule is [18F]CCI. The van der Waals surface area contributed by atoms with Gasteiger partial charge in [-0.15, -0.1) is 0 Å². The molecule has 0 N–H and O–H groups in total. The predicted octanol–water partition coefficient (Wildman–Crippen LogP) is 1.39. The summed E-state index contributed by atoms with van der Waals surface area (Å²) >= 11 is 1.98. The summed E-state index contributed by atoms with van der Waals surface area (Å²) in [5.74, 6) is 0. The van der Waals surface area contributed by atoms with Gasteiger partial charge in [0, 0.05) is 4.43 Å². The zero-order valence-electron chi connectivity index (χ0n) is 2.17. The molecule has 0 saturated heterocycles. The molecule has 0 heterocycles. The Hall–Kier alpha value is 0.660. The van der Waals surface area contributed by atoms with Gasteiger partial charge in [-0.1, -0.05) is 22.6 Å². The lowest BCUT2D eigenvalue weighted by Crippen LogP contribution is -1.64. The quantitative estimate of drug-likeness (QED) is 0.415. The van der Waals surface area contributed by atoms with Crippen LogP contribution in [0.25, 0.3) is 0 Å². The number of rotatable bonds is 1. The van der Waals surface area contributed by atoms with Gasteiger partial charge < -0.3 is 0 Å². The Morgan fingerprint density at radius 2 is 2.00 bits per heavy atom. The van der Waals surface area contributed by atoms with E-state index in [1.165, 1.54) is 0 Å². The molecule has 0 aliphatic rings. The monoisotopic (exact) mass is 173 g/mol. The van der Waals surface area contributed by atoms with Gasteiger partial charge in [0.05, 0.1) is 6.67 Å². The summed E-state index contributed by atoms with van der Waals surface area (Å²) in [7, 11) is 0. The van der Waals surface area contributed by atoms with E-state index < -0.39 is 0 Å². The second kappa shape index (κ2) is 3.66. The van der Waals surface area contributed by atoms with Crippen molar-refractivity contribution in [3.05, 3.63) is 0 Å². The van der Waals surface area contributed by atoms with Crippen molar-refractivity contribution in [3.8, 4) is 0 Å². The lowest BCUT2D eigenvalue weighted by Gasteiger charge is -1.62. The molecule has 0 nitrogen and oxygen atoms in total. The third-order valence-electron chi connectivity index (χ3n) is 0.0714. The average molecular weight is 173 g/mol. The van der Waals surface area contributed by atoms with Gasteiger partial charge in [-0.3, -0.25) is 4.39 Å². The van der Waals surface area contributed by atoms with Crippen LogP contribution >= 0.6 is 22.6 Å².